The van der Waals surface area contributed by atoms with Crippen LogP contribution >= 0.6 is 36.0 Å². The summed E-state index contributed by atoms with van der Waals surface area (Å²) in [6.07, 6.45) is 0. The Morgan fingerprint density at radius 1 is 0.960 bits per heavy atom. The second-order valence-electron chi connectivity index (χ2n) is 4.69. The molecule has 25 heavy (non-hydrogen) atoms. The summed E-state index contributed by atoms with van der Waals surface area (Å²) in [4.78, 5) is 11.8. The fourth-order valence-corrected chi connectivity index (χ4v) is 2.13. The molecule has 0 aliphatic carbocycles. The van der Waals surface area contributed by atoms with Gasteiger partial charge < -0.3 is 10.1 Å². The standard InChI is InChI=1S/C16H15ClN4O2S2/c17-11-6-8-13(9-7-11)23-10-14(22)19-16(25)21-20-15(24)18-12-4-2-1-3-5-12/h1-9H,10H2,(H2,18,20,24)(H2,19,21,22,25). The zero-order valence-electron chi connectivity index (χ0n) is 12.9. The number of anilines is 1. The highest BCUT2D eigenvalue weighted by Crippen LogP contribution is 2.15. The molecule has 1 amide bonds. The number of hydrogen-bond acceptors (Lipinski definition) is 4. The van der Waals surface area contributed by atoms with E-state index in [-0.39, 0.29) is 11.7 Å². The van der Waals surface area contributed by atoms with E-state index < -0.39 is 5.91 Å². The Balaban J connectivity index is 1.66. The third-order valence-corrected chi connectivity index (χ3v) is 3.42. The smallest absolute Gasteiger partial charge is 0.264 e. The van der Waals surface area contributed by atoms with Crippen molar-refractivity contribution in [3.63, 3.8) is 0 Å². The first-order valence-corrected chi connectivity index (χ1v) is 8.32. The normalized spacial score (nSPS) is 9.64. The monoisotopic (exact) mass is 394 g/mol. The maximum atomic E-state index is 11.8. The fourth-order valence-electron chi connectivity index (χ4n) is 1.67. The van der Waals surface area contributed by atoms with Crippen LogP contribution in [0.25, 0.3) is 0 Å². The summed E-state index contributed by atoms with van der Waals surface area (Å²) in [5.41, 5.74) is 6.11. The molecule has 0 bridgehead atoms. The first-order chi connectivity index (χ1) is 12.0. The summed E-state index contributed by atoms with van der Waals surface area (Å²) in [6.45, 7) is -0.184. The maximum Gasteiger partial charge on any atom is 0.264 e. The molecule has 6 nitrogen and oxygen atoms in total. The van der Waals surface area contributed by atoms with Gasteiger partial charge in [-0.3, -0.25) is 21.0 Å². The summed E-state index contributed by atoms with van der Waals surface area (Å²) in [5.74, 6) is 0.126. The van der Waals surface area contributed by atoms with E-state index in [9.17, 15) is 4.79 Å². The molecule has 0 aliphatic rings. The predicted molar refractivity (Wildman–Crippen MR) is 107 cm³/mol. The Labute approximate surface area is 160 Å². The molecule has 0 aromatic heterocycles. The Hall–Kier alpha value is -2.42. The van der Waals surface area contributed by atoms with E-state index in [1.54, 1.807) is 24.3 Å². The average Bonchev–Trinajstić information content (AvgIpc) is 2.60. The minimum Gasteiger partial charge on any atom is -0.484 e. The van der Waals surface area contributed by atoms with E-state index in [4.69, 9.17) is 40.8 Å². The lowest BCUT2D eigenvalue weighted by atomic mass is 10.3. The van der Waals surface area contributed by atoms with Crippen molar-refractivity contribution in [3.8, 4) is 5.75 Å². The lowest BCUT2D eigenvalue weighted by molar-refractivity contribution is -0.121. The van der Waals surface area contributed by atoms with E-state index >= 15 is 0 Å². The minimum atomic E-state index is -0.406. The first kappa shape index (κ1) is 18.9. The Kier molecular flexibility index (Phi) is 7.39. The van der Waals surface area contributed by atoms with Gasteiger partial charge >= 0.3 is 0 Å². The first-order valence-electron chi connectivity index (χ1n) is 7.13. The molecular formula is C16H15ClN4O2S2. The SMILES string of the molecule is O=C(COc1ccc(Cl)cc1)NC(=S)NNC(=S)Nc1ccccc1. The van der Waals surface area contributed by atoms with Crippen LogP contribution in [0.15, 0.2) is 54.6 Å². The maximum absolute atomic E-state index is 11.8. The van der Waals surface area contributed by atoms with Crippen LogP contribution in [0.1, 0.15) is 0 Å². The topological polar surface area (TPSA) is 74.4 Å². The molecule has 130 valence electrons. The zero-order valence-corrected chi connectivity index (χ0v) is 15.3. The molecule has 0 fully saturated rings. The van der Waals surface area contributed by atoms with Crippen molar-refractivity contribution in [1.82, 2.24) is 16.2 Å². The third-order valence-electron chi connectivity index (χ3n) is 2.76. The molecular weight excluding hydrogens is 380 g/mol. The van der Waals surface area contributed by atoms with Gasteiger partial charge in [0.05, 0.1) is 0 Å². The number of ether oxygens (including phenoxy) is 1. The van der Waals surface area contributed by atoms with Crippen LogP contribution in [0.2, 0.25) is 5.02 Å². The zero-order chi connectivity index (χ0) is 18.1. The summed E-state index contributed by atoms with van der Waals surface area (Å²) in [7, 11) is 0. The van der Waals surface area contributed by atoms with Crippen LogP contribution in [-0.4, -0.2) is 22.7 Å². The summed E-state index contributed by atoms with van der Waals surface area (Å²) < 4.78 is 5.31. The molecule has 0 atom stereocenters. The Morgan fingerprint density at radius 2 is 1.60 bits per heavy atom. The number of carbonyl (C=O) groups excluding carboxylic acids is 1. The molecule has 2 rings (SSSR count). The molecule has 2 aromatic rings. The highest BCUT2D eigenvalue weighted by Gasteiger charge is 2.06. The van der Waals surface area contributed by atoms with Gasteiger partial charge in [0.1, 0.15) is 5.75 Å². The number of amides is 1. The van der Waals surface area contributed by atoms with Gasteiger partial charge in [0.15, 0.2) is 16.8 Å². The van der Waals surface area contributed by atoms with Crippen molar-refractivity contribution in [3.05, 3.63) is 59.6 Å². The van der Waals surface area contributed by atoms with Crippen LogP contribution in [0, 0.1) is 0 Å². The molecule has 0 saturated carbocycles. The van der Waals surface area contributed by atoms with Crippen molar-refractivity contribution < 1.29 is 9.53 Å². The number of benzene rings is 2. The van der Waals surface area contributed by atoms with Crippen LogP contribution in [0.4, 0.5) is 5.69 Å². The Bertz CT molecular complexity index is 742. The van der Waals surface area contributed by atoms with Crippen LogP contribution in [0.5, 0.6) is 5.75 Å². The number of nitrogens with one attached hydrogen (secondary N) is 4. The molecule has 4 N–H and O–H groups in total. The number of rotatable bonds is 4. The van der Waals surface area contributed by atoms with Gasteiger partial charge in [-0.05, 0) is 60.8 Å². The molecule has 9 heteroatoms. The number of hydrogen-bond donors (Lipinski definition) is 4. The molecule has 2 aromatic carbocycles. The van der Waals surface area contributed by atoms with Gasteiger partial charge in [0, 0.05) is 10.7 Å². The van der Waals surface area contributed by atoms with Gasteiger partial charge in [-0.2, -0.15) is 0 Å². The highest BCUT2D eigenvalue weighted by molar-refractivity contribution is 7.80. The molecule has 0 saturated heterocycles. The highest BCUT2D eigenvalue weighted by atomic mass is 35.5. The average molecular weight is 395 g/mol. The number of halogens is 1. The largest absolute Gasteiger partial charge is 0.484 e. The molecule has 0 unspecified atom stereocenters. The van der Waals surface area contributed by atoms with Gasteiger partial charge in [-0.25, -0.2) is 0 Å². The third kappa shape index (κ3) is 7.34. The van der Waals surface area contributed by atoms with Crippen LogP contribution < -0.4 is 26.2 Å². The quantitative estimate of drug-likeness (QED) is 0.469. The van der Waals surface area contributed by atoms with Crippen molar-refractivity contribution in [2.75, 3.05) is 11.9 Å². The predicted octanol–water partition coefficient (Wildman–Crippen LogP) is 2.61. The van der Waals surface area contributed by atoms with Crippen molar-refractivity contribution in [2.45, 2.75) is 0 Å². The second-order valence-corrected chi connectivity index (χ2v) is 5.94. The van der Waals surface area contributed by atoms with E-state index in [0.29, 0.717) is 15.9 Å². The summed E-state index contributed by atoms with van der Waals surface area (Å²) in [5, 5.41) is 6.38. The fraction of sp³-hybridized carbons (Fsp3) is 0.0625. The Morgan fingerprint density at radius 3 is 2.28 bits per heavy atom. The summed E-state index contributed by atoms with van der Waals surface area (Å²) in [6, 6.07) is 16.1. The number of para-hydroxylation sites is 1. The van der Waals surface area contributed by atoms with Gasteiger partial charge in [-0.15, -0.1) is 0 Å². The van der Waals surface area contributed by atoms with Crippen molar-refractivity contribution >= 4 is 57.9 Å². The lowest BCUT2D eigenvalue weighted by Crippen LogP contribution is -2.50. The lowest BCUT2D eigenvalue weighted by Gasteiger charge is -2.14. The number of hydrazine groups is 1. The second kappa shape index (κ2) is 9.77. The minimum absolute atomic E-state index is 0.0712. The van der Waals surface area contributed by atoms with Gasteiger partial charge in [0.25, 0.3) is 5.91 Å². The van der Waals surface area contributed by atoms with E-state index in [2.05, 4.69) is 21.5 Å². The van der Waals surface area contributed by atoms with Crippen molar-refractivity contribution in [2.24, 2.45) is 0 Å². The van der Waals surface area contributed by atoms with Crippen LogP contribution in [0.3, 0.4) is 0 Å². The molecule has 0 spiro atoms. The van der Waals surface area contributed by atoms with Crippen LogP contribution in [-0.2, 0) is 4.79 Å². The van der Waals surface area contributed by atoms with E-state index in [1.165, 1.54) is 0 Å². The van der Waals surface area contributed by atoms with Crippen molar-refractivity contribution in [1.29, 1.82) is 0 Å². The molecule has 0 aliphatic heterocycles. The van der Waals surface area contributed by atoms with Gasteiger partial charge in [0.2, 0.25) is 0 Å². The number of carbonyl (C=O) groups is 1. The molecule has 0 radical (unpaired) electrons. The van der Waals surface area contributed by atoms with E-state index in [1.807, 2.05) is 30.3 Å². The summed E-state index contributed by atoms with van der Waals surface area (Å²) >= 11 is 15.9. The number of thiocarbonyl (C=S) groups is 2. The van der Waals surface area contributed by atoms with E-state index in [0.717, 1.165) is 5.69 Å². The molecule has 0 heterocycles. The van der Waals surface area contributed by atoms with Gasteiger partial charge in [-0.1, -0.05) is 29.8 Å².